The first-order valence-corrected chi connectivity index (χ1v) is 7.84. The van der Waals surface area contributed by atoms with Gasteiger partial charge in [0.15, 0.2) is 10.7 Å². The van der Waals surface area contributed by atoms with Gasteiger partial charge in [0.2, 0.25) is 0 Å². The molecule has 2 rings (SSSR count). The number of nitrogens with zero attached hydrogens (tertiary/aromatic N) is 1. The number of carbonyl (C=O) groups is 1. The van der Waals surface area contributed by atoms with Crippen molar-refractivity contribution in [2.45, 2.75) is 11.9 Å². The Morgan fingerprint density at radius 2 is 2.14 bits per heavy atom. The predicted octanol–water partition coefficient (Wildman–Crippen LogP) is 1.40. The van der Waals surface area contributed by atoms with Gasteiger partial charge >= 0.3 is 5.97 Å². The summed E-state index contributed by atoms with van der Waals surface area (Å²) in [7, 11) is -2.42. The second-order valence-corrected chi connectivity index (χ2v) is 5.83. The lowest BCUT2D eigenvalue weighted by atomic mass is 10.3. The molecule has 0 bridgehead atoms. The summed E-state index contributed by atoms with van der Waals surface area (Å²) in [6.45, 7) is 1.82. The summed E-state index contributed by atoms with van der Waals surface area (Å²) in [6, 6.07) is 7.55. The fraction of sp³-hybridized carbons (Fsp3) is 0.231. The minimum atomic E-state index is -3.90. The zero-order valence-electron chi connectivity index (χ0n) is 12.0. The van der Waals surface area contributed by atoms with E-state index in [1.165, 1.54) is 13.2 Å². The Morgan fingerprint density at radius 3 is 2.82 bits per heavy atom. The van der Waals surface area contributed by atoms with Crippen LogP contribution >= 0.6 is 0 Å². The molecule has 0 amide bonds. The number of ether oxygens (including phenoxy) is 2. The number of hydrogen-bond acceptors (Lipinski definition) is 6. The van der Waals surface area contributed by atoms with Crippen molar-refractivity contribution in [3.05, 3.63) is 36.0 Å². The number of aromatic amines is 1. The van der Waals surface area contributed by atoms with Crippen LogP contribution in [-0.2, 0) is 14.8 Å². The minimum Gasteiger partial charge on any atom is -0.497 e. The quantitative estimate of drug-likeness (QED) is 0.777. The summed E-state index contributed by atoms with van der Waals surface area (Å²) in [5.41, 5.74) is 0.222. The maximum absolute atomic E-state index is 12.2. The van der Waals surface area contributed by atoms with Crippen LogP contribution in [0, 0.1) is 0 Å². The molecule has 0 aliphatic heterocycles. The number of rotatable bonds is 6. The van der Waals surface area contributed by atoms with Crippen molar-refractivity contribution in [1.29, 1.82) is 0 Å². The second kappa shape index (κ2) is 6.48. The highest BCUT2D eigenvalue weighted by atomic mass is 32.2. The van der Waals surface area contributed by atoms with Crippen LogP contribution in [0.25, 0.3) is 0 Å². The number of carbonyl (C=O) groups excluding carboxylic acids is 1. The molecule has 118 valence electrons. The number of aromatic nitrogens is 2. The van der Waals surface area contributed by atoms with Crippen LogP contribution in [0.3, 0.4) is 0 Å². The van der Waals surface area contributed by atoms with Gasteiger partial charge in [-0.3, -0.25) is 9.82 Å². The number of esters is 1. The lowest BCUT2D eigenvalue weighted by Gasteiger charge is -2.07. The molecule has 0 unspecified atom stereocenters. The van der Waals surface area contributed by atoms with Gasteiger partial charge in [-0.1, -0.05) is 6.07 Å². The Hall–Kier alpha value is -2.55. The average Bonchev–Trinajstić information content (AvgIpc) is 2.98. The molecule has 2 N–H and O–H groups in total. The Balaban J connectivity index is 2.21. The highest BCUT2D eigenvalue weighted by Gasteiger charge is 2.20. The minimum absolute atomic E-state index is 0.104. The molecule has 0 atom stereocenters. The standard InChI is InChI=1S/C13H15N3O5S/c1-3-21-13(17)11-8-12(15-14-11)22(18,19)16-9-5-4-6-10(7-9)20-2/h4-8,16H,3H2,1-2H3,(H,14,15). The predicted molar refractivity (Wildman–Crippen MR) is 78.3 cm³/mol. The van der Waals surface area contributed by atoms with Gasteiger partial charge in [0.05, 0.1) is 19.4 Å². The smallest absolute Gasteiger partial charge is 0.358 e. The Kier molecular flexibility index (Phi) is 4.66. The van der Waals surface area contributed by atoms with E-state index in [0.717, 1.165) is 6.07 Å². The SMILES string of the molecule is CCOC(=O)c1cc(S(=O)(=O)Nc2cccc(OC)c2)[nH]n1. The summed E-state index contributed by atoms with van der Waals surface area (Å²) in [4.78, 5) is 11.5. The number of hydrogen-bond donors (Lipinski definition) is 2. The number of methoxy groups -OCH3 is 1. The van der Waals surface area contributed by atoms with Crippen molar-refractivity contribution >= 4 is 21.7 Å². The normalized spacial score (nSPS) is 11.0. The molecular weight excluding hydrogens is 310 g/mol. The van der Waals surface area contributed by atoms with Crippen LogP contribution in [-0.4, -0.2) is 38.3 Å². The molecule has 9 heteroatoms. The molecule has 0 fully saturated rings. The number of nitrogens with one attached hydrogen (secondary N) is 2. The molecular formula is C13H15N3O5S. The number of H-pyrrole nitrogens is 1. The van der Waals surface area contributed by atoms with Crippen LogP contribution in [0.4, 0.5) is 5.69 Å². The molecule has 8 nitrogen and oxygen atoms in total. The molecule has 0 saturated carbocycles. The van der Waals surface area contributed by atoms with E-state index in [-0.39, 0.29) is 17.3 Å². The third-order valence-corrected chi connectivity index (χ3v) is 3.94. The molecule has 0 aliphatic rings. The molecule has 0 saturated heterocycles. The van der Waals surface area contributed by atoms with Gasteiger partial charge < -0.3 is 9.47 Å². The van der Waals surface area contributed by atoms with Crippen molar-refractivity contribution < 1.29 is 22.7 Å². The van der Waals surface area contributed by atoms with E-state index in [9.17, 15) is 13.2 Å². The largest absolute Gasteiger partial charge is 0.497 e. The lowest BCUT2D eigenvalue weighted by molar-refractivity contribution is 0.0519. The topological polar surface area (TPSA) is 110 Å². The molecule has 0 radical (unpaired) electrons. The van der Waals surface area contributed by atoms with E-state index in [2.05, 4.69) is 14.9 Å². The average molecular weight is 325 g/mol. The Morgan fingerprint density at radius 1 is 1.36 bits per heavy atom. The Labute approximate surface area is 127 Å². The van der Waals surface area contributed by atoms with Crippen LogP contribution in [0.2, 0.25) is 0 Å². The lowest BCUT2D eigenvalue weighted by Crippen LogP contribution is -2.13. The first-order valence-electron chi connectivity index (χ1n) is 6.35. The summed E-state index contributed by atoms with van der Waals surface area (Å²) >= 11 is 0. The summed E-state index contributed by atoms with van der Waals surface area (Å²) < 4.78 is 36.6. The van der Waals surface area contributed by atoms with E-state index in [1.54, 1.807) is 25.1 Å². The summed E-state index contributed by atoms with van der Waals surface area (Å²) in [5, 5.41) is 5.70. The maximum atomic E-state index is 12.2. The van der Waals surface area contributed by atoms with Gasteiger partial charge in [0.25, 0.3) is 10.0 Å². The van der Waals surface area contributed by atoms with Crippen LogP contribution in [0.1, 0.15) is 17.4 Å². The molecule has 22 heavy (non-hydrogen) atoms. The van der Waals surface area contributed by atoms with Crippen LogP contribution < -0.4 is 9.46 Å². The third kappa shape index (κ3) is 3.55. The molecule has 0 aliphatic carbocycles. The van der Waals surface area contributed by atoms with Gasteiger partial charge in [-0.15, -0.1) is 0 Å². The first-order chi connectivity index (χ1) is 10.5. The third-order valence-electron chi connectivity index (χ3n) is 2.65. The fourth-order valence-corrected chi connectivity index (χ4v) is 2.63. The molecule has 1 aromatic heterocycles. The molecule has 1 aromatic carbocycles. The van der Waals surface area contributed by atoms with Gasteiger partial charge in [-0.2, -0.15) is 13.5 Å². The molecule has 2 aromatic rings. The van der Waals surface area contributed by atoms with Gasteiger partial charge in [0.1, 0.15) is 5.75 Å². The van der Waals surface area contributed by atoms with Crippen molar-refractivity contribution in [1.82, 2.24) is 10.2 Å². The van der Waals surface area contributed by atoms with E-state index < -0.39 is 16.0 Å². The number of sulfonamides is 1. The summed E-state index contributed by atoms with van der Waals surface area (Å²) in [5.74, 6) is -0.182. The van der Waals surface area contributed by atoms with Crippen molar-refractivity contribution in [3.8, 4) is 5.75 Å². The second-order valence-electron chi connectivity index (χ2n) is 4.18. The van der Waals surface area contributed by atoms with E-state index in [1.807, 2.05) is 0 Å². The fourth-order valence-electron chi connectivity index (χ4n) is 1.65. The maximum Gasteiger partial charge on any atom is 0.358 e. The first kappa shape index (κ1) is 15.8. The van der Waals surface area contributed by atoms with Crippen molar-refractivity contribution in [3.63, 3.8) is 0 Å². The number of benzene rings is 1. The molecule has 0 spiro atoms. The van der Waals surface area contributed by atoms with E-state index >= 15 is 0 Å². The van der Waals surface area contributed by atoms with Gasteiger partial charge in [-0.25, -0.2) is 4.79 Å². The monoisotopic (exact) mass is 325 g/mol. The zero-order valence-corrected chi connectivity index (χ0v) is 12.8. The molecule has 1 heterocycles. The van der Waals surface area contributed by atoms with Crippen molar-refractivity contribution in [2.75, 3.05) is 18.4 Å². The highest BCUT2D eigenvalue weighted by Crippen LogP contribution is 2.20. The zero-order chi connectivity index (χ0) is 16.2. The number of anilines is 1. The Bertz CT molecular complexity index is 769. The summed E-state index contributed by atoms with van der Waals surface area (Å²) in [6.07, 6.45) is 0. The van der Waals surface area contributed by atoms with E-state index in [0.29, 0.717) is 11.4 Å². The highest BCUT2D eigenvalue weighted by molar-refractivity contribution is 7.92. The van der Waals surface area contributed by atoms with Gasteiger partial charge in [0, 0.05) is 12.1 Å². The van der Waals surface area contributed by atoms with E-state index in [4.69, 9.17) is 9.47 Å². The van der Waals surface area contributed by atoms with Crippen LogP contribution in [0.5, 0.6) is 5.75 Å². The van der Waals surface area contributed by atoms with Gasteiger partial charge in [-0.05, 0) is 19.1 Å². The van der Waals surface area contributed by atoms with Crippen LogP contribution in [0.15, 0.2) is 35.4 Å². The van der Waals surface area contributed by atoms with Crippen molar-refractivity contribution in [2.24, 2.45) is 0 Å².